The second kappa shape index (κ2) is 18.9. The van der Waals surface area contributed by atoms with Crippen LogP contribution in [0.5, 0.6) is 11.5 Å². The smallest absolute Gasteiger partial charge is 0.281 e. The van der Waals surface area contributed by atoms with E-state index >= 15 is 0 Å². The first-order valence-corrected chi connectivity index (χ1v) is 19.4. The van der Waals surface area contributed by atoms with Gasteiger partial charge in [0, 0.05) is 35.0 Å². The second-order valence-corrected chi connectivity index (χ2v) is 13.8. The van der Waals surface area contributed by atoms with Crippen molar-refractivity contribution in [1.82, 2.24) is 20.1 Å². The van der Waals surface area contributed by atoms with E-state index in [1.54, 1.807) is 31.2 Å². The van der Waals surface area contributed by atoms with E-state index in [1.807, 2.05) is 109 Å². The van der Waals surface area contributed by atoms with Gasteiger partial charge in [-0.2, -0.15) is 0 Å². The number of amides is 4. The number of rotatable bonds is 15. The number of hydrogen-bond acceptors (Lipinski definition) is 8. The van der Waals surface area contributed by atoms with Gasteiger partial charge in [0.1, 0.15) is 11.5 Å². The summed E-state index contributed by atoms with van der Waals surface area (Å²) in [5.41, 5.74) is 22.4. The zero-order valence-corrected chi connectivity index (χ0v) is 33.6. The highest BCUT2D eigenvalue weighted by Gasteiger charge is 2.22. The number of hydroxylamine groups is 2. The number of carbonyl (C=O) groups excluding carboxylic acids is 4. The van der Waals surface area contributed by atoms with Crippen LogP contribution in [-0.4, -0.2) is 59.7 Å². The Hall–Kier alpha value is -7.68. The van der Waals surface area contributed by atoms with Gasteiger partial charge in [0.2, 0.25) is 11.8 Å². The summed E-state index contributed by atoms with van der Waals surface area (Å²) in [7, 11) is 1.36. The van der Waals surface area contributed by atoms with E-state index in [9.17, 15) is 19.2 Å². The summed E-state index contributed by atoms with van der Waals surface area (Å²) in [6.07, 6.45) is 0. The molecule has 0 spiro atoms. The average molecular weight is 821 g/mol. The predicted molar refractivity (Wildman–Crippen MR) is 233 cm³/mol. The van der Waals surface area contributed by atoms with E-state index in [4.69, 9.17) is 25.8 Å². The highest BCUT2D eigenvalue weighted by atomic mass is 16.7. The molecule has 4 amide bonds. The predicted octanol–water partition coefficient (Wildman–Crippen LogP) is 6.39. The third kappa shape index (κ3) is 9.00. The molecule has 0 aliphatic rings. The Balaban J connectivity index is 0.000000184. The van der Waals surface area contributed by atoms with Crippen LogP contribution < -0.4 is 31.9 Å². The molecule has 2 heterocycles. The standard InChI is InChI=1S/C24H23N3O4.C23H21N3O4/c1-2-31-26-21(28)15-30-20-13-7-12-19-23(20)22-17(24(25)29)10-6-11-18(22)27(19)14-16-8-4-3-5-9-16;1-29-25-20(27)14-30-19-12-6-11-18-22(19)21-16(23(24)28)9-5-10-17(21)26(18)13-15-7-3-2-4-8-15/h3-13H,2,14-15H2,1H3,(H2,25,29)(H,26,28);2-12H,13-14H2,1H3,(H2,24,28)(H,25,27). The van der Waals surface area contributed by atoms with E-state index in [0.717, 1.165) is 44.0 Å². The first kappa shape index (κ1) is 41.5. The molecule has 0 saturated carbocycles. The van der Waals surface area contributed by atoms with Crippen molar-refractivity contribution in [2.45, 2.75) is 20.0 Å². The van der Waals surface area contributed by atoms with Crippen LogP contribution in [0.25, 0.3) is 43.6 Å². The van der Waals surface area contributed by atoms with Crippen molar-refractivity contribution in [3.05, 3.63) is 156 Å². The number of ether oxygens (including phenoxy) is 2. The number of carbonyl (C=O) groups is 4. The van der Waals surface area contributed by atoms with Gasteiger partial charge in [-0.05, 0) is 66.6 Å². The van der Waals surface area contributed by atoms with Gasteiger partial charge in [0.15, 0.2) is 13.2 Å². The molecule has 61 heavy (non-hydrogen) atoms. The van der Waals surface area contributed by atoms with Crippen molar-refractivity contribution in [2.75, 3.05) is 26.9 Å². The first-order valence-electron chi connectivity index (χ1n) is 19.4. The molecule has 8 rings (SSSR count). The van der Waals surface area contributed by atoms with Crippen molar-refractivity contribution < 1.29 is 38.3 Å². The zero-order chi connectivity index (χ0) is 42.9. The summed E-state index contributed by atoms with van der Waals surface area (Å²) in [5, 5.41) is 2.90. The topological polar surface area (TPSA) is 191 Å². The monoisotopic (exact) mass is 820 g/mol. The lowest BCUT2D eigenvalue weighted by molar-refractivity contribution is -0.135. The Labute approximate surface area is 350 Å². The molecule has 0 fully saturated rings. The number of nitrogens with zero attached hydrogens (tertiary/aromatic N) is 2. The minimum absolute atomic E-state index is 0.219. The molecule has 0 saturated heterocycles. The number of nitrogens with one attached hydrogen (secondary N) is 2. The van der Waals surface area contributed by atoms with Crippen LogP contribution in [0.1, 0.15) is 38.8 Å². The largest absolute Gasteiger partial charge is 0.483 e. The molecular weight excluding hydrogens is 777 g/mol. The number of nitrogens with two attached hydrogens (primary N) is 2. The SMILES string of the molecule is CCONC(=O)COc1cccc2c1c1c(C(N)=O)cccc1n2Cc1ccccc1.CONC(=O)COc1cccc2c1c1c(C(N)=O)cccc1n2Cc1ccccc1. The molecule has 14 nitrogen and oxygen atoms in total. The molecule has 6 aromatic carbocycles. The molecule has 14 heteroatoms. The van der Waals surface area contributed by atoms with Crippen molar-refractivity contribution in [1.29, 1.82) is 0 Å². The minimum Gasteiger partial charge on any atom is -0.483 e. The van der Waals surface area contributed by atoms with Gasteiger partial charge < -0.3 is 30.1 Å². The fraction of sp³-hybridized carbons (Fsp3) is 0.149. The van der Waals surface area contributed by atoms with Gasteiger partial charge in [-0.3, -0.25) is 28.9 Å². The van der Waals surface area contributed by atoms with Crippen LogP contribution in [0.15, 0.2) is 133 Å². The number of aromatic nitrogens is 2. The molecule has 0 aliphatic heterocycles. The van der Waals surface area contributed by atoms with Gasteiger partial charge in [-0.25, -0.2) is 11.0 Å². The van der Waals surface area contributed by atoms with E-state index in [-0.39, 0.29) is 13.2 Å². The number of benzene rings is 6. The molecule has 0 atom stereocenters. The lowest BCUT2D eigenvalue weighted by atomic mass is 10.1. The quantitative estimate of drug-likeness (QED) is 0.0856. The van der Waals surface area contributed by atoms with Crippen LogP contribution in [0.2, 0.25) is 0 Å². The minimum atomic E-state index is -0.522. The molecular formula is C47H44N6O8. The number of primary amides is 2. The Kier molecular flexibility index (Phi) is 12.9. The fourth-order valence-electron chi connectivity index (χ4n) is 7.44. The van der Waals surface area contributed by atoms with Crippen LogP contribution >= 0.6 is 0 Å². The maximum Gasteiger partial charge on any atom is 0.281 e. The molecule has 0 aliphatic carbocycles. The Bertz CT molecular complexity index is 2870. The zero-order valence-electron chi connectivity index (χ0n) is 33.6. The van der Waals surface area contributed by atoms with E-state index in [0.29, 0.717) is 53.1 Å². The molecule has 2 aromatic heterocycles. The highest BCUT2D eigenvalue weighted by Crippen LogP contribution is 2.39. The second-order valence-electron chi connectivity index (χ2n) is 13.8. The van der Waals surface area contributed by atoms with E-state index in [1.165, 1.54) is 7.11 Å². The lowest BCUT2D eigenvalue weighted by Gasteiger charge is -2.10. The highest BCUT2D eigenvalue weighted by molar-refractivity contribution is 6.21. The van der Waals surface area contributed by atoms with Gasteiger partial charge in [-0.15, -0.1) is 0 Å². The summed E-state index contributed by atoms with van der Waals surface area (Å²) in [6.45, 7) is 2.90. The third-order valence-electron chi connectivity index (χ3n) is 9.92. The number of hydrogen-bond donors (Lipinski definition) is 4. The van der Waals surface area contributed by atoms with Crippen LogP contribution in [0, 0.1) is 0 Å². The van der Waals surface area contributed by atoms with Crippen molar-refractivity contribution in [3.8, 4) is 11.5 Å². The molecule has 0 radical (unpaired) electrons. The summed E-state index contributed by atoms with van der Waals surface area (Å²) in [5.74, 6) is -0.877. The van der Waals surface area contributed by atoms with E-state index < -0.39 is 23.6 Å². The molecule has 0 unspecified atom stereocenters. The van der Waals surface area contributed by atoms with Crippen LogP contribution in [0.3, 0.4) is 0 Å². The Morgan fingerprint density at radius 1 is 0.508 bits per heavy atom. The number of fused-ring (bicyclic) bond motifs is 6. The summed E-state index contributed by atoms with van der Waals surface area (Å²) < 4.78 is 15.9. The maximum atomic E-state index is 12.2. The molecule has 0 bridgehead atoms. The summed E-state index contributed by atoms with van der Waals surface area (Å²) in [6, 6.07) is 42.2. The average Bonchev–Trinajstić information content (AvgIpc) is 3.77. The van der Waals surface area contributed by atoms with Gasteiger partial charge in [-0.1, -0.05) is 84.9 Å². The first-order chi connectivity index (χ1) is 29.7. The normalized spacial score (nSPS) is 11.0. The Morgan fingerprint density at radius 2 is 0.902 bits per heavy atom. The van der Waals surface area contributed by atoms with Gasteiger partial charge >= 0.3 is 0 Å². The fourth-order valence-corrected chi connectivity index (χ4v) is 7.44. The maximum absolute atomic E-state index is 12.2. The molecule has 310 valence electrons. The van der Waals surface area contributed by atoms with Gasteiger partial charge in [0.25, 0.3) is 11.8 Å². The van der Waals surface area contributed by atoms with Crippen LogP contribution in [-0.2, 0) is 32.4 Å². The summed E-state index contributed by atoms with van der Waals surface area (Å²) >= 11 is 0. The summed E-state index contributed by atoms with van der Waals surface area (Å²) in [4.78, 5) is 57.7. The van der Waals surface area contributed by atoms with Crippen molar-refractivity contribution in [2.24, 2.45) is 11.5 Å². The molecule has 6 N–H and O–H groups in total. The molecule has 8 aromatic rings. The Morgan fingerprint density at radius 3 is 1.30 bits per heavy atom. The lowest BCUT2D eigenvalue weighted by Crippen LogP contribution is -2.29. The van der Waals surface area contributed by atoms with Crippen molar-refractivity contribution >= 4 is 67.2 Å². The van der Waals surface area contributed by atoms with E-state index in [2.05, 4.69) is 24.9 Å². The third-order valence-corrected chi connectivity index (χ3v) is 9.92. The van der Waals surface area contributed by atoms with Crippen molar-refractivity contribution in [3.63, 3.8) is 0 Å². The van der Waals surface area contributed by atoms with Crippen LogP contribution in [0.4, 0.5) is 0 Å². The van der Waals surface area contributed by atoms with Gasteiger partial charge in [0.05, 0.1) is 46.6 Å².